The molecule has 672 valence electrons. The number of carboxylic acid groups (broad SMARTS) is 2. The highest BCUT2D eigenvalue weighted by Crippen LogP contribution is 2.44. The second-order valence-electron chi connectivity index (χ2n) is 38.8. The van der Waals surface area contributed by atoms with Gasteiger partial charge in [0.2, 0.25) is 17.7 Å². The van der Waals surface area contributed by atoms with Crippen LogP contribution in [0.1, 0.15) is 303 Å². The normalized spacial score (nSPS) is 15.9. The molecule has 4 aliphatic carbocycles. The Kier molecular flexibility index (Phi) is 39.1. The fourth-order valence-electron chi connectivity index (χ4n) is 15.2. The van der Waals surface area contributed by atoms with Crippen molar-refractivity contribution in [2.45, 2.75) is 341 Å². The number of alkyl carbamates (subject to hydrolysis) is 2. The third-order valence-corrected chi connectivity index (χ3v) is 21.8. The highest BCUT2D eigenvalue weighted by atomic mass is 16.6. The van der Waals surface area contributed by atoms with Crippen molar-refractivity contribution in [1.29, 1.82) is 0 Å². The average molecular weight is 1690 g/mol. The molecule has 122 heavy (non-hydrogen) atoms. The van der Waals surface area contributed by atoms with Crippen LogP contribution in [-0.4, -0.2) is 106 Å². The monoisotopic (exact) mass is 1690 g/mol. The van der Waals surface area contributed by atoms with E-state index in [1.807, 2.05) is 166 Å². The van der Waals surface area contributed by atoms with E-state index in [1.165, 1.54) is 12.0 Å². The van der Waals surface area contributed by atoms with E-state index in [9.17, 15) is 43.5 Å². The van der Waals surface area contributed by atoms with E-state index in [-0.39, 0.29) is 45.8 Å². The Morgan fingerprint density at radius 2 is 0.639 bits per heavy atom. The van der Waals surface area contributed by atoms with Crippen LogP contribution in [0.3, 0.4) is 0 Å². The first-order valence-corrected chi connectivity index (χ1v) is 43.4. The van der Waals surface area contributed by atoms with Gasteiger partial charge in [-0.05, 0) is 155 Å². The van der Waals surface area contributed by atoms with Gasteiger partial charge in [-0.2, -0.15) is 0 Å². The quantitative estimate of drug-likeness (QED) is 0.0360. The zero-order valence-corrected chi connectivity index (χ0v) is 76.9. The van der Waals surface area contributed by atoms with E-state index in [2.05, 4.69) is 115 Å². The van der Waals surface area contributed by atoms with Gasteiger partial charge in [0.25, 0.3) is 0 Å². The largest absolute Gasteiger partial charge is 0.496 e. The minimum absolute atomic E-state index is 0.000975. The number of hydrogen-bond donors (Lipinski definition) is 10. The lowest BCUT2D eigenvalue weighted by molar-refractivity contribution is -0.146. The predicted octanol–water partition coefficient (Wildman–Crippen LogP) is 19.3. The summed E-state index contributed by atoms with van der Waals surface area (Å²) in [4.78, 5) is 97.6. The van der Waals surface area contributed by atoms with E-state index in [1.54, 1.807) is 35.0 Å². The van der Waals surface area contributed by atoms with Crippen molar-refractivity contribution in [3.63, 3.8) is 0 Å². The van der Waals surface area contributed by atoms with Crippen LogP contribution in [-0.2, 0) is 87.7 Å². The van der Waals surface area contributed by atoms with E-state index in [4.69, 9.17) is 40.3 Å². The first-order valence-electron chi connectivity index (χ1n) is 43.4. The Morgan fingerprint density at radius 1 is 0.361 bits per heavy atom. The Morgan fingerprint density at radius 3 is 0.918 bits per heavy atom. The third kappa shape index (κ3) is 34.0. The molecule has 0 atom stereocenters. The molecule has 4 saturated carbocycles. The molecule has 6 aromatic rings. The standard InChI is InChI=1S/C30H42N2O4.C19H28N2O3.C17H26O3.C14H20N2O.C12H21NO4.C7H9N/c1-28(2,3)23-18-22(19-24(25(23)35-7)29(4,5)6)36-27(34)32-30(16-12-9-13-17-30)26(33)31-20-21-14-10-8-11-15-21;1-18(2,3)24-17(23)21-19(12-8-5-9-13-19)16(22)20-14-15-10-6-4-7-11-15;1-16(2,3)12-8-11(10-14(18)19)9-13(15(12)20-7)17(4,5)6;15-14(9-5-2-6-10-14)13(17)16-11-12-7-3-1-4-8-12;1-11(2,3)17-10(16)13-12(9(14)15)7-5-4-6-8-12;8-6-7-4-2-1-3-5-7/h8,10-11,14-15,18-19H,9,12-13,16-17,20H2,1-7H3,(H,31,33)(H,32,34);4,6-7,10-11H,5,8-9,12-14H2,1-3H3,(H,20,22)(H,21,23);8-9H,10H2,1-7H3,(H,18,19);1,3-4,7-8H,2,5-6,9-11,15H2,(H,16,17);4-8H2,1-3H3,(H,13,16)(H,14,15);1-5H,6,8H2. The van der Waals surface area contributed by atoms with Gasteiger partial charge in [0.15, 0.2) is 0 Å². The zero-order chi connectivity index (χ0) is 91.0. The first kappa shape index (κ1) is 103. The molecule has 0 unspecified atom stereocenters. The summed E-state index contributed by atoms with van der Waals surface area (Å²) in [5.41, 5.74) is 15.3. The second kappa shape index (κ2) is 46.5. The van der Waals surface area contributed by atoms with Gasteiger partial charge in [-0.3, -0.25) is 19.2 Å². The SMILES string of the molecule is CC(C)(C)OC(=O)NC1(C(=O)NCc2ccccc2)CCCCC1.CC(C)(C)OC(=O)NC1(C(=O)O)CCCCC1.COc1c(C(C)(C)C)cc(CC(=O)O)cc1C(C)(C)C.COc1c(C(C)(C)C)cc(OC(=O)NC2(C(=O)NCc3ccccc3)CCCCC2)cc1C(C)(C)C.NC1(C(=O)NCc2ccccc2)CCCCC1.NCc1ccccc1. The van der Waals surface area contributed by atoms with E-state index < -0.39 is 63.6 Å². The lowest BCUT2D eigenvalue weighted by Crippen LogP contribution is -2.60. The number of carbonyl (C=O) groups is 8. The minimum atomic E-state index is -1.14. The van der Waals surface area contributed by atoms with Gasteiger partial charge >= 0.3 is 30.2 Å². The summed E-state index contributed by atoms with van der Waals surface area (Å²) in [5.74, 6) is 0.0594. The molecule has 4 aliphatic rings. The fourth-order valence-corrected chi connectivity index (χ4v) is 15.2. The van der Waals surface area contributed by atoms with Crippen molar-refractivity contribution in [3.05, 3.63) is 196 Å². The number of nitrogens with two attached hydrogens (primary N) is 2. The van der Waals surface area contributed by atoms with Crippen LogP contribution in [0.4, 0.5) is 14.4 Å². The number of rotatable bonds is 19. The Bertz CT molecular complexity index is 4210. The highest BCUT2D eigenvalue weighted by molar-refractivity contribution is 5.91. The average Bonchev–Trinajstić information content (AvgIpc) is 0.778. The maximum Gasteiger partial charge on any atom is 0.413 e. The van der Waals surface area contributed by atoms with Crippen molar-refractivity contribution < 1.29 is 72.3 Å². The Hall–Kier alpha value is -10.0. The summed E-state index contributed by atoms with van der Waals surface area (Å²) < 4.78 is 27.7. The number of hydrogen-bond acceptors (Lipinski definition) is 15. The molecule has 6 amide bonds. The van der Waals surface area contributed by atoms with Crippen molar-refractivity contribution in [1.82, 2.24) is 31.9 Å². The summed E-state index contributed by atoms with van der Waals surface area (Å²) in [6.07, 6.45) is 15.0. The molecule has 0 spiro atoms. The first-order chi connectivity index (χ1) is 57.0. The minimum Gasteiger partial charge on any atom is -0.496 e. The number of amides is 6. The number of nitrogens with one attached hydrogen (secondary N) is 6. The molecule has 10 rings (SSSR count). The lowest BCUT2D eigenvalue weighted by Gasteiger charge is -2.37. The van der Waals surface area contributed by atoms with Crippen LogP contribution >= 0.6 is 0 Å². The molecular formula is C99H146N8O15. The molecule has 0 saturated heterocycles. The second-order valence-corrected chi connectivity index (χ2v) is 38.8. The number of methoxy groups -OCH3 is 2. The van der Waals surface area contributed by atoms with Crippen LogP contribution < -0.4 is 57.6 Å². The maximum atomic E-state index is 13.3. The molecule has 0 aliphatic heterocycles. The topological polar surface area (TPSA) is 347 Å². The zero-order valence-electron chi connectivity index (χ0n) is 76.9. The van der Waals surface area contributed by atoms with Crippen LogP contribution in [0, 0.1) is 0 Å². The molecule has 0 radical (unpaired) electrons. The molecule has 0 bridgehead atoms. The van der Waals surface area contributed by atoms with Crippen molar-refractivity contribution in [2.24, 2.45) is 11.5 Å². The van der Waals surface area contributed by atoms with E-state index in [0.29, 0.717) is 70.5 Å². The molecule has 0 heterocycles. The number of benzene rings is 6. The summed E-state index contributed by atoms with van der Waals surface area (Å²) in [5, 5.41) is 35.6. The van der Waals surface area contributed by atoms with Gasteiger partial charge in [-0.1, -0.05) is 294 Å². The van der Waals surface area contributed by atoms with Gasteiger partial charge in [-0.15, -0.1) is 0 Å². The molecule has 23 heteroatoms. The van der Waals surface area contributed by atoms with Crippen molar-refractivity contribution in [3.8, 4) is 17.2 Å². The molecule has 12 N–H and O–H groups in total. The number of aliphatic carboxylic acids is 2. The molecule has 23 nitrogen and oxygen atoms in total. The van der Waals surface area contributed by atoms with Gasteiger partial charge < -0.3 is 77.3 Å². The third-order valence-electron chi connectivity index (χ3n) is 21.8. The molecule has 6 aromatic carbocycles. The smallest absolute Gasteiger partial charge is 0.413 e. The lowest BCUT2D eigenvalue weighted by atomic mass is 9.78. The fraction of sp³-hybridized carbons (Fsp3) is 0.556. The van der Waals surface area contributed by atoms with Crippen molar-refractivity contribution >= 4 is 47.9 Å². The molecular weight excluding hydrogens is 1540 g/mol. The molecule has 4 fully saturated rings. The van der Waals surface area contributed by atoms with Gasteiger partial charge in [-0.25, -0.2) is 19.2 Å². The number of carbonyl (C=O) groups excluding carboxylic acids is 6. The Balaban J connectivity index is 0.000000272. The summed E-state index contributed by atoms with van der Waals surface area (Å²) in [6, 6.07) is 47.1. The highest BCUT2D eigenvalue weighted by Gasteiger charge is 2.45. The predicted molar refractivity (Wildman–Crippen MR) is 484 cm³/mol. The van der Waals surface area contributed by atoms with Crippen LogP contribution in [0.15, 0.2) is 146 Å². The number of carboxylic acids is 2. The van der Waals surface area contributed by atoms with Crippen LogP contribution in [0.5, 0.6) is 17.2 Å². The van der Waals surface area contributed by atoms with E-state index >= 15 is 0 Å². The van der Waals surface area contributed by atoms with Gasteiger partial charge in [0, 0.05) is 48.4 Å². The molecule has 0 aromatic heterocycles. The maximum absolute atomic E-state index is 13.3. The summed E-state index contributed by atoms with van der Waals surface area (Å²) >= 11 is 0. The van der Waals surface area contributed by atoms with E-state index in [0.717, 1.165) is 139 Å². The number of ether oxygens (including phenoxy) is 5. The van der Waals surface area contributed by atoms with Gasteiger partial charge in [0.05, 0.1) is 26.2 Å². The van der Waals surface area contributed by atoms with Gasteiger partial charge in [0.1, 0.15) is 45.1 Å². The van der Waals surface area contributed by atoms with Crippen LogP contribution in [0.2, 0.25) is 0 Å². The van der Waals surface area contributed by atoms with Crippen molar-refractivity contribution in [2.75, 3.05) is 14.2 Å². The summed E-state index contributed by atoms with van der Waals surface area (Å²) in [6.45, 7) is 38.1. The van der Waals surface area contributed by atoms with Crippen LogP contribution in [0.25, 0.3) is 0 Å². The Labute approximate surface area is 727 Å². The summed E-state index contributed by atoms with van der Waals surface area (Å²) in [7, 11) is 3.35.